The maximum atomic E-state index is 13.3. The Bertz CT molecular complexity index is 809. The molecule has 1 saturated heterocycles. The molecule has 2 rings (SSSR count). The third-order valence-corrected chi connectivity index (χ3v) is 12.6. The molecular weight excluding hydrogens is 452 g/mol. The number of esters is 1. The van der Waals surface area contributed by atoms with Crippen molar-refractivity contribution in [2.24, 2.45) is 0 Å². The van der Waals surface area contributed by atoms with Crippen LogP contribution < -0.4 is 0 Å². The smallest absolute Gasteiger partial charge is 0.313 e. The molecule has 2 atom stereocenters. The average Bonchev–Trinajstić information content (AvgIpc) is 3.21. The van der Waals surface area contributed by atoms with Crippen LogP contribution in [0.15, 0.2) is 24.3 Å². The quantitative estimate of drug-likeness (QED) is 0.213. The van der Waals surface area contributed by atoms with Crippen molar-refractivity contribution in [1.29, 1.82) is 0 Å². The van der Waals surface area contributed by atoms with Gasteiger partial charge in [-0.25, -0.2) is 5.06 Å². The SMILES string of the molecule is CC(C)(C)[Si](C)(ON1CCCC1)C(CSCC(=O)O)C(=O)OCc1ccc([N+](=O)[O-])cc1. The van der Waals surface area contributed by atoms with Crippen LogP contribution in [0.4, 0.5) is 5.69 Å². The first kappa shape index (κ1) is 26.3. The number of carboxylic acids is 1. The summed E-state index contributed by atoms with van der Waals surface area (Å²) in [6.07, 6.45) is 2.08. The van der Waals surface area contributed by atoms with Crippen LogP contribution >= 0.6 is 11.8 Å². The first-order valence-corrected chi connectivity index (χ1v) is 14.2. The van der Waals surface area contributed by atoms with Crippen molar-refractivity contribution in [3.05, 3.63) is 39.9 Å². The standard InChI is InChI=1S/C21H32N2O7SSi/c1-21(2,3)32(4,30-22-11-5-6-12-22)18(14-31-15-19(24)25)20(26)29-13-16-7-9-17(10-8-16)23(27)28/h7-10,18H,5-6,11-15H2,1-4H3,(H,24,25). The lowest BCUT2D eigenvalue weighted by Gasteiger charge is -2.45. The van der Waals surface area contributed by atoms with E-state index in [4.69, 9.17) is 14.4 Å². The predicted octanol–water partition coefficient (Wildman–Crippen LogP) is 4.23. The molecule has 1 N–H and O–H groups in total. The number of nitro groups is 1. The Morgan fingerprint density at radius 1 is 1.25 bits per heavy atom. The average molecular weight is 485 g/mol. The van der Waals surface area contributed by atoms with Gasteiger partial charge >= 0.3 is 11.9 Å². The molecule has 0 spiro atoms. The van der Waals surface area contributed by atoms with Gasteiger partial charge in [0.25, 0.3) is 5.69 Å². The number of hydroxylamine groups is 2. The molecule has 2 unspecified atom stereocenters. The number of hydrogen-bond donors (Lipinski definition) is 1. The summed E-state index contributed by atoms with van der Waals surface area (Å²) < 4.78 is 12.2. The molecule has 1 aromatic carbocycles. The van der Waals surface area contributed by atoms with Crippen LogP contribution in [0.25, 0.3) is 0 Å². The molecule has 178 valence electrons. The Kier molecular flexibility index (Phi) is 9.25. The Balaban J connectivity index is 2.20. The number of aliphatic carboxylic acids is 1. The van der Waals surface area contributed by atoms with E-state index in [-0.39, 0.29) is 23.1 Å². The molecule has 32 heavy (non-hydrogen) atoms. The number of rotatable bonds is 11. The van der Waals surface area contributed by atoms with Gasteiger partial charge in [-0.2, -0.15) is 0 Å². The van der Waals surface area contributed by atoms with E-state index in [2.05, 4.69) is 0 Å². The Morgan fingerprint density at radius 2 is 1.84 bits per heavy atom. The number of carboxylic acid groups (broad SMARTS) is 1. The maximum absolute atomic E-state index is 13.3. The number of carbonyl (C=O) groups excluding carboxylic acids is 1. The lowest BCUT2D eigenvalue weighted by molar-refractivity contribution is -0.384. The summed E-state index contributed by atoms with van der Waals surface area (Å²) in [6.45, 7) is 9.77. The van der Waals surface area contributed by atoms with Crippen LogP contribution in [0, 0.1) is 10.1 Å². The van der Waals surface area contributed by atoms with Gasteiger partial charge in [-0.05, 0) is 42.1 Å². The highest BCUT2D eigenvalue weighted by Crippen LogP contribution is 2.47. The molecule has 1 aliphatic heterocycles. The van der Waals surface area contributed by atoms with Crippen molar-refractivity contribution >= 4 is 37.7 Å². The monoisotopic (exact) mass is 484 g/mol. The van der Waals surface area contributed by atoms with Crippen LogP contribution in [0.2, 0.25) is 17.1 Å². The van der Waals surface area contributed by atoms with Gasteiger partial charge < -0.3 is 14.4 Å². The first-order valence-electron chi connectivity index (χ1n) is 10.6. The number of non-ortho nitro benzene ring substituents is 1. The summed E-state index contributed by atoms with van der Waals surface area (Å²) in [5.41, 5.74) is 0.0285. The largest absolute Gasteiger partial charge is 0.481 e. The van der Waals surface area contributed by atoms with Crippen molar-refractivity contribution in [2.75, 3.05) is 24.6 Å². The fourth-order valence-corrected chi connectivity index (χ4v) is 8.44. The normalized spacial score (nSPS) is 17.5. The van der Waals surface area contributed by atoms with Crippen molar-refractivity contribution in [2.45, 2.75) is 57.3 Å². The number of nitrogens with zero attached hydrogens (tertiary/aromatic N) is 2. The predicted molar refractivity (Wildman–Crippen MR) is 125 cm³/mol. The van der Waals surface area contributed by atoms with E-state index in [1.807, 2.05) is 32.4 Å². The van der Waals surface area contributed by atoms with Gasteiger partial charge in [-0.3, -0.25) is 19.7 Å². The zero-order chi connectivity index (χ0) is 23.9. The van der Waals surface area contributed by atoms with Gasteiger partial charge in [-0.15, -0.1) is 11.8 Å². The molecule has 1 aliphatic rings. The highest BCUT2D eigenvalue weighted by atomic mass is 32.2. The molecule has 1 aromatic rings. The topological polar surface area (TPSA) is 119 Å². The van der Waals surface area contributed by atoms with Crippen molar-refractivity contribution in [1.82, 2.24) is 5.06 Å². The third-order valence-electron chi connectivity index (χ3n) is 5.86. The molecular formula is C21H32N2O7SSi. The summed E-state index contributed by atoms with van der Waals surface area (Å²) in [5.74, 6) is -1.18. The molecule has 9 nitrogen and oxygen atoms in total. The van der Waals surface area contributed by atoms with Gasteiger partial charge in [0.15, 0.2) is 0 Å². The highest BCUT2D eigenvalue weighted by Gasteiger charge is 2.54. The third kappa shape index (κ3) is 7.02. The Hall–Kier alpha value is -1.95. The molecule has 0 radical (unpaired) electrons. The van der Waals surface area contributed by atoms with E-state index >= 15 is 0 Å². The first-order chi connectivity index (χ1) is 14.9. The van der Waals surface area contributed by atoms with E-state index < -0.39 is 30.7 Å². The summed E-state index contributed by atoms with van der Waals surface area (Å²) in [7, 11) is -2.79. The molecule has 11 heteroatoms. The van der Waals surface area contributed by atoms with Crippen LogP contribution in [0.5, 0.6) is 0 Å². The van der Waals surface area contributed by atoms with Crippen LogP contribution in [0.1, 0.15) is 39.2 Å². The Morgan fingerprint density at radius 3 is 2.34 bits per heavy atom. The molecule has 1 heterocycles. The molecule has 0 bridgehead atoms. The zero-order valence-electron chi connectivity index (χ0n) is 19.0. The lowest BCUT2D eigenvalue weighted by Crippen LogP contribution is -2.55. The minimum absolute atomic E-state index is 0.0186. The molecule has 0 aliphatic carbocycles. The van der Waals surface area contributed by atoms with Crippen LogP contribution in [0.3, 0.4) is 0 Å². The summed E-state index contributed by atoms with van der Waals surface area (Å²) in [4.78, 5) is 34.7. The molecule has 0 saturated carbocycles. The zero-order valence-corrected chi connectivity index (χ0v) is 20.9. The molecule has 0 aromatic heterocycles. The fourth-order valence-electron chi connectivity index (χ4n) is 3.46. The second-order valence-corrected chi connectivity index (χ2v) is 14.7. The fraction of sp³-hybridized carbons (Fsp3) is 0.619. The van der Waals surface area contributed by atoms with Crippen molar-refractivity contribution in [3.8, 4) is 0 Å². The van der Waals surface area contributed by atoms with E-state index in [9.17, 15) is 19.7 Å². The van der Waals surface area contributed by atoms with Gasteiger partial charge in [-0.1, -0.05) is 20.8 Å². The minimum atomic E-state index is -2.79. The van der Waals surface area contributed by atoms with E-state index in [1.54, 1.807) is 12.1 Å². The van der Waals surface area contributed by atoms with Crippen molar-refractivity contribution < 1.29 is 28.9 Å². The number of ether oxygens (including phenoxy) is 1. The highest BCUT2D eigenvalue weighted by molar-refractivity contribution is 8.00. The summed E-state index contributed by atoms with van der Waals surface area (Å²) in [5, 5.41) is 21.5. The van der Waals surface area contributed by atoms with Crippen LogP contribution in [-0.4, -0.2) is 59.9 Å². The van der Waals surface area contributed by atoms with Crippen molar-refractivity contribution in [3.63, 3.8) is 0 Å². The number of benzene rings is 1. The van der Waals surface area contributed by atoms with E-state index in [0.717, 1.165) is 25.9 Å². The molecule has 0 amide bonds. The number of nitro benzene ring substituents is 1. The van der Waals surface area contributed by atoms with Gasteiger partial charge in [0.1, 0.15) is 6.61 Å². The Labute approximate surface area is 193 Å². The molecule has 1 fully saturated rings. The number of carbonyl (C=O) groups is 2. The summed E-state index contributed by atoms with van der Waals surface area (Å²) >= 11 is 1.19. The van der Waals surface area contributed by atoms with Crippen LogP contribution in [-0.2, 0) is 25.5 Å². The van der Waals surface area contributed by atoms with Gasteiger partial charge in [0, 0.05) is 31.0 Å². The maximum Gasteiger partial charge on any atom is 0.313 e. The second kappa shape index (κ2) is 11.3. The van der Waals surface area contributed by atoms with Gasteiger partial charge in [0.05, 0.1) is 16.2 Å². The minimum Gasteiger partial charge on any atom is -0.481 e. The number of hydrogen-bond acceptors (Lipinski definition) is 8. The number of thioether (sulfide) groups is 1. The second-order valence-electron chi connectivity index (χ2n) is 9.08. The lowest BCUT2D eigenvalue weighted by atomic mass is 10.2. The van der Waals surface area contributed by atoms with E-state index in [1.165, 1.54) is 23.9 Å². The van der Waals surface area contributed by atoms with E-state index in [0.29, 0.717) is 11.3 Å². The summed E-state index contributed by atoms with van der Waals surface area (Å²) in [6, 6.07) is 5.85. The van der Waals surface area contributed by atoms with Gasteiger partial charge in [0.2, 0.25) is 8.32 Å².